The first kappa shape index (κ1) is 13.1. The largest absolute Gasteiger partial charge is 0.347 e. The summed E-state index contributed by atoms with van der Waals surface area (Å²) in [5.41, 5.74) is -0.291. The highest BCUT2D eigenvalue weighted by molar-refractivity contribution is 7.94. The average molecular weight is 285 g/mol. The van der Waals surface area contributed by atoms with Crippen molar-refractivity contribution in [3.63, 3.8) is 0 Å². The molecule has 0 bridgehead atoms. The van der Waals surface area contributed by atoms with Crippen LogP contribution in [0.3, 0.4) is 0 Å². The smallest absolute Gasteiger partial charge is 0.280 e. The number of para-hydroxylation sites is 1. The number of halogens is 1. The molecule has 0 aromatic heterocycles. The van der Waals surface area contributed by atoms with Gasteiger partial charge in [-0.05, 0) is 12.1 Å². The molecule has 19 heavy (non-hydrogen) atoms. The molecule has 1 aliphatic heterocycles. The molecule has 100 valence electrons. The normalized spacial score (nSPS) is 19.1. The van der Waals surface area contributed by atoms with Crippen LogP contribution in [0.4, 0.5) is 14.9 Å². The fraction of sp³-hybridized carbons (Fsp3) is 0.100. The van der Waals surface area contributed by atoms with Gasteiger partial charge in [0.15, 0.2) is 5.25 Å². The SMILES string of the molecule is O=C1N=CC(S(=O)(=O)Nc2ccccc2F)C(=O)N1. The molecule has 1 aliphatic rings. The molecule has 1 aromatic rings. The molecule has 7 nitrogen and oxygen atoms in total. The number of carbonyl (C=O) groups excluding carboxylic acids is 2. The molecule has 1 heterocycles. The van der Waals surface area contributed by atoms with Crippen LogP contribution in [0, 0.1) is 5.82 Å². The number of nitrogens with one attached hydrogen (secondary N) is 2. The van der Waals surface area contributed by atoms with Crippen molar-refractivity contribution in [2.75, 3.05) is 4.72 Å². The number of sulfonamides is 1. The van der Waals surface area contributed by atoms with Gasteiger partial charge in [-0.25, -0.2) is 22.6 Å². The molecule has 1 atom stereocenters. The fourth-order valence-electron chi connectivity index (χ4n) is 1.39. The fourth-order valence-corrected chi connectivity index (χ4v) is 2.55. The zero-order chi connectivity index (χ0) is 14.0. The number of aliphatic imine (C=N–C) groups is 1. The second-order valence-electron chi connectivity index (χ2n) is 3.62. The molecule has 0 radical (unpaired) electrons. The lowest BCUT2D eigenvalue weighted by Gasteiger charge is -2.16. The number of hydrogen-bond donors (Lipinski definition) is 2. The summed E-state index contributed by atoms with van der Waals surface area (Å²) in [6, 6.07) is 4.15. The van der Waals surface area contributed by atoms with Crippen LogP contribution in [0.1, 0.15) is 0 Å². The van der Waals surface area contributed by atoms with Gasteiger partial charge < -0.3 is 0 Å². The third-order valence-corrected chi connectivity index (χ3v) is 3.78. The Kier molecular flexibility index (Phi) is 3.30. The van der Waals surface area contributed by atoms with E-state index in [1.807, 2.05) is 4.72 Å². The molecule has 2 rings (SSSR count). The highest BCUT2D eigenvalue weighted by Gasteiger charge is 2.35. The van der Waals surface area contributed by atoms with Crippen molar-refractivity contribution in [2.24, 2.45) is 4.99 Å². The molecule has 0 spiro atoms. The number of urea groups is 1. The summed E-state index contributed by atoms with van der Waals surface area (Å²) in [5, 5.41) is 0.0572. The Morgan fingerprint density at radius 2 is 1.95 bits per heavy atom. The van der Waals surface area contributed by atoms with Gasteiger partial charge in [0.05, 0.1) is 5.69 Å². The number of amides is 3. The summed E-state index contributed by atoms with van der Waals surface area (Å²) in [6.45, 7) is 0. The molecule has 1 unspecified atom stereocenters. The Bertz CT molecular complexity index is 671. The summed E-state index contributed by atoms with van der Waals surface area (Å²) in [6.07, 6.45) is 0.699. The minimum atomic E-state index is -4.24. The van der Waals surface area contributed by atoms with Crippen molar-refractivity contribution >= 4 is 33.9 Å². The highest BCUT2D eigenvalue weighted by Crippen LogP contribution is 2.16. The van der Waals surface area contributed by atoms with E-state index in [4.69, 9.17) is 0 Å². The maximum absolute atomic E-state index is 13.3. The van der Waals surface area contributed by atoms with Crippen LogP contribution in [0.15, 0.2) is 29.3 Å². The maximum Gasteiger partial charge on any atom is 0.347 e. The van der Waals surface area contributed by atoms with E-state index in [0.717, 1.165) is 6.07 Å². The summed E-state index contributed by atoms with van der Waals surface area (Å²) >= 11 is 0. The Morgan fingerprint density at radius 1 is 1.26 bits per heavy atom. The van der Waals surface area contributed by atoms with Gasteiger partial charge in [-0.15, -0.1) is 0 Å². The molecular formula is C10H8FN3O4S. The topological polar surface area (TPSA) is 105 Å². The van der Waals surface area contributed by atoms with E-state index in [1.54, 1.807) is 5.32 Å². The van der Waals surface area contributed by atoms with E-state index in [9.17, 15) is 22.4 Å². The van der Waals surface area contributed by atoms with E-state index in [2.05, 4.69) is 4.99 Å². The molecule has 0 saturated carbocycles. The van der Waals surface area contributed by atoms with Gasteiger partial charge in [0, 0.05) is 6.21 Å². The van der Waals surface area contributed by atoms with E-state index < -0.39 is 33.0 Å². The molecular weight excluding hydrogens is 277 g/mol. The van der Waals surface area contributed by atoms with Crippen molar-refractivity contribution in [1.29, 1.82) is 0 Å². The number of benzene rings is 1. The predicted molar refractivity (Wildman–Crippen MR) is 64.8 cm³/mol. The Hall–Kier alpha value is -2.29. The number of nitrogens with zero attached hydrogens (tertiary/aromatic N) is 1. The quantitative estimate of drug-likeness (QED) is 0.830. The molecule has 2 N–H and O–H groups in total. The summed E-state index contributed by atoms with van der Waals surface area (Å²) in [5.74, 6) is -1.82. The molecule has 3 amide bonds. The lowest BCUT2D eigenvalue weighted by atomic mass is 10.3. The predicted octanol–water partition coefficient (Wildman–Crippen LogP) is 0.257. The van der Waals surface area contributed by atoms with Gasteiger partial charge in [0.2, 0.25) is 10.0 Å². The van der Waals surface area contributed by atoms with Gasteiger partial charge in [0.1, 0.15) is 5.82 Å². The summed E-state index contributed by atoms with van der Waals surface area (Å²) in [7, 11) is -4.24. The van der Waals surface area contributed by atoms with Crippen molar-refractivity contribution in [1.82, 2.24) is 5.32 Å². The summed E-state index contributed by atoms with van der Waals surface area (Å²) in [4.78, 5) is 25.3. The Morgan fingerprint density at radius 3 is 2.58 bits per heavy atom. The van der Waals surface area contributed by atoms with Gasteiger partial charge >= 0.3 is 6.03 Å². The second kappa shape index (κ2) is 4.76. The van der Waals surface area contributed by atoms with Gasteiger partial charge in [-0.1, -0.05) is 12.1 Å². The molecule has 0 aliphatic carbocycles. The maximum atomic E-state index is 13.3. The van der Waals surface area contributed by atoms with Crippen LogP contribution >= 0.6 is 0 Å². The van der Waals surface area contributed by atoms with E-state index in [-0.39, 0.29) is 5.69 Å². The first-order valence-corrected chi connectivity index (χ1v) is 6.60. The monoisotopic (exact) mass is 285 g/mol. The van der Waals surface area contributed by atoms with Crippen molar-refractivity contribution in [3.05, 3.63) is 30.1 Å². The van der Waals surface area contributed by atoms with Gasteiger partial charge in [-0.2, -0.15) is 0 Å². The van der Waals surface area contributed by atoms with E-state index >= 15 is 0 Å². The molecule has 0 fully saturated rings. The number of hydrogen-bond acceptors (Lipinski definition) is 4. The lowest BCUT2D eigenvalue weighted by Crippen LogP contribution is -2.48. The number of anilines is 1. The van der Waals surface area contributed by atoms with Crippen LogP contribution in [0.5, 0.6) is 0 Å². The number of rotatable bonds is 3. The molecule has 9 heteroatoms. The third kappa shape index (κ3) is 2.76. The zero-order valence-corrected chi connectivity index (χ0v) is 10.1. The Labute approximate surface area is 107 Å². The first-order chi connectivity index (χ1) is 8.90. The van der Waals surface area contributed by atoms with Gasteiger partial charge in [-0.3, -0.25) is 14.8 Å². The minimum absolute atomic E-state index is 0.291. The zero-order valence-electron chi connectivity index (χ0n) is 9.33. The van der Waals surface area contributed by atoms with Crippen LogP contribution < -0.4 is 10.0 Å². The van der Waals surface area contributed by atoms with Crippen molar-refractivity contribution < 1.29 is 22.4 Å². The van der Waals surface area contributed by atoms with Crippen LogP contribution in [-0.2, 0) is 14.8 Å². The van der Waals surface area contributed by atoms with Gasteiger partial charge in [0.25, 0.3) is 5.91 Å². The van der Waals surface area contributed by atoms with Crippen molar-refractivity contribution in [2.45, 2.75) is 5.25 Å². The molecule has 1 aromatic carbocycles. The third-order valence-electron chi connectivity index (χ3n) is 2.28. The highest BCUT2D eigenvalue weighted by atomic mass is 32.2. The summed E-state index contributed by atoms with van der Waals surface area (Å²) < 4.78 is 39.0. The van der Waals surface area contributed by atoms with E-state index in [0.29, 0.717) is 6.21 Å². The van der Waals surface area contributed by atoms with Crippen molar-refractivity contribution in [3.8, 4) is 0 Å². The van der Waals surface area contributed by atoms with Crippen LogP contribution in [-0.4, -0.2) is 31.8 Å². The van der Waals surface area contributed by atoms with E-state index in [1.165, 1.54) is 18.2 Å². The number of imide groups is 1. The van der Waals surface area contributed by atoms with Crippen LogP contribution in [0.25, 0.3) is 0 Å². The standard InChI is InChI=1S/C10H8FN3O4S/c11-6-3-1-2-4-7(6)14-19(17,18)8-5-12-10(16)13-9(8)15/h1-5,8,14H,(H,13,15,16). The van der Waals surface area contributed by atoms with Crippen LogP contribution in [0.2, 0.25) is 0 Å². The first-order valence-electron chi connectivity index (χ1n) is 5.05. The molecule has 0 saturated heterocycles. The number of carbonyl (C=O) groups is 2. The minimum Gasteiger partial charge on any atom is -0.280 e. The Balaban J connectivity index is 2.29. The second-order valence-corrected chi connectivity index (χ2v) is 5.42. The average Bonchev–Trinajstić information content (AvgIpc) is 2.31. The lowest BCUT2D eigenvalue weighted by molar-refractivity contribution is -0.118.